The van der Waals surface area contributed by atoms with E-state index in [9.17, 15) is 5.21 Å². The van der Waals surface area contributed by atoms with Crippen molar-refractivity contribution in [3.05, 3.63) is 64.9 Å². The van der Waals surface area contributed by atoms with E-state index >= 15 is 0 Å². The van der Waals surface area contributed by atoms with Crippen molar-refractivity contribution < 1.29 is 4.74 Å². The SMILES string of the molecule is CC(C)[N+]([O-])=C1c2ccccc2-c2ccccc21. The van der Waals surface area contributed by atoms with Gasteiger partial charge in [-0.15, -0.1) is 0 Å². The number of hydrogen-bond donors (Lipinski definition) is 0. The molecule has 1 aliphatic rings. The van der Waals surface area contributed by atoms with E-state index in [2.05, 4.69) is 12.1 Å². The van der Waals surface area contributed by atoms with Gasteiger partial charge in [0.1, 0.15) is 0 Å². The van der Waals surface area contributed by atoms with Crippen molar-refractivity contribution in [2.24, 2.45) is 0 Å². The highest BCUT2D eigenvalue weighted by Gasteiger charge is 2.30. The quantitative estimate of drug-likeness (QED) is 0.362. The average Bonchev–Trinajstić information content (AvgIpc) is 2.72. The Kier molecular flexibility index (Phi) is 2.44. The molecule has 0 saturated heterocycles. The first kappa shape index (κ1) is 11.0. The van der Waals surface area contributed by atoms with Gasteiger partial charge >= 0.3 is 0 Å². The summed E-state index contributed by atoms with van der Waals surface area (Å²) in [7, 11) is 0. The first-order chi connectivity index (χ1) is 8.70. The summed E-state index contributed by atoms with van der Waals surface area (Å²) >= 11 is 0. The van der Waals surface area contributed by atoms with Crippen molar-refractivity contribution in [1.82, 2.24) is 0 Å². The van der Waals surface area contributed by atoms with Crippen LogP contribution >= 0.6 is 0 Å². The van der Waals surface area contributed by atoms with Crippen LogP contribution < -0.4 is 0 Å². The Bertz CT molecular complexity index is 594. The number of fused-ring (bicyclic) bond motifs is 3. The van der Waals surface area contributed by atoms with Crippen molar-refractivity contribution in [1.29, 1.82) is 0 Å². The zero-order chi connectivity index (χ0) is 12.7. The summed E-state index contributed by atoms with van der Waals surface area (Å²) in [6.45, 7) is 3.84. The van der Waals surface area contributed by atoms with E-state index in [0.717, 1.165) is 32.7 Å². The fraction of sp³-hybridized carbons (Fsp3) is 0.188. The highest BCUT2D eigenvalue weighted by atomic mass is 16.5. The maximum absolute atomic E-state index is 12.4. The van der Waals surface area contributed by atoms with Gasteiger partial charge in [-0.1, -0.05) is 36.4 Å². The van der Waals surface area contributed by atoms with Crippen molar-refractivity contribution >= 4 is 5.71 Å². The molecule has 0 atom stereocenters. The van der Waals surface area contributed by atoms with Crippen LogP contribution in [-0.4, -0.2) is 16.5 Å². The maximum atomic E-state index is 12.4. The summed E-state index contributed by atoms with van der Waals surface area (Å²) in [4.78, 5) is 0. The summed E-state index contributed by atoms with van der Waals surface area (Å²) in [5.74, 6) is 0. The molecule has 1 aliphatic carbocycles. The lowest BCUT2D eigenvalue weighted by atomic mass is 10.1. The Hall–Kier alpha value is -2.09. The summed E-state index contributed by atoms with van der Waals surface area (Å²) in [6, 6.07) is 16.2. The standard InChI is InChI=1S/C16H15NO/c1-11(2)17(18)16-14-9-5-3-7-12(14)13-8-4-6-10-15(13)16/h3-11H,1-2H3. The minimum absolute atomic E-state index is 0.0563. The highest BCUT2D eigenvalue weighted by molar-refractivity contribution is 6.22. The Labute approximate surface area is 107 Å². The monoisotopic (exact) mass is 237 g/mol. The molecule has 0 N–H and O–H groups in total. The number of nitrogens with zero attached hydrogens (tertiary/aromatic N) is 1. The molecule has 0 saturated carbocycles. The van der Waals surface area contributed by atoms with Gasteiger partial charge < -0.3 is 5.21 Å². The molecule has 0 heterocycles. The van der Waals surface area contributed by atoms with Gasteiger partial charge in [-0.2, -0.15) is 0 Å². The molecule has 18 heavy (non-hydrogen) atoms. The minimum Gasteiger partial charge on any atom is -0.623 e. The van der Waals surface area contributed by atoms with Crippen LogP contribution in [0.2, 0.25) is 0 Å². The molecule has 0 unspecified atom stereocenters. The van der Waals surface area contributed by atoms with E-state index < -0.39 is 0 Å². The van der Waals surface area contributed by atoms with E-state index in [4.69, 9.17) is 0 Å². The zero-order valence-corrected chi connectivity index (χ0v) is 10.6. The van der Waals surface area contributed by atoms with Crippen LogP contribution in [0.1, 0.15) is 25.0 Å². The number of rotatable bonds is 1. The van der Waals surface area contributed by atoms with Crippen LogP contribution in [0.5, 0.6) is 0 Å². The lowest BCUT2D eigenvalue weighted by molar-refractivity contribution is -0.491. The Morgan fingerprint density at radius 2 is 1.17 bits per heavy atom. The molecular formula is C16H15NO. The second kappa shape index (κ2) is 3.98. The normalized spacial score (nSPS) is 12.5. The number of hydrogen-bond acceptors (Lipinski definition) is 1. The van der Waals surface area contributed by atoms with Crippen molar-refractivity contribution in [2.75, 3.05) is 0 Å². The van der Waals surface area contributed by atoms with E-state index in [0.29, 0.717) is 0 Å². The molecular weight excluding hydrogens is 222 g/mol. The van der Waals surface area contributed by atoms with Crippen LogP contribution in [0.3, 0.4) is 0 Å². The van der Waals surface area contributed by atoms with Gasteiger partial charge in [0.05, 0.1) is 11.1 Å². The molecule has 2 nitrogen and oxygen atoms in total. The van der Waals surface area contributed by atoms with E-state index in [1.54, 1.807) is 0 Å². The summed E-state index contributed by atoms with van der Waals surface area (Å²) < 4.78 is 1.12. The first-order valence-electron chi connectivity index (χ1n) is 6.22. The van der Waals surface area contributed by atoms with Crippen LogP contribution in [0.4, 0.5) is 0 Å². The van der Waals surface area contributed by atoms with Crippen LogP contribution in [-0.2, 0) is 0 Å². The van der Waals surface area contributed by atoms with Gasteiger partial charge in [-0.05, 0) is 37.1 Å². The van der Waals surface area contributed by atoms with E-state index in [1.165, 1.54) is 0 Å². The van der Waals surface area contributed by atoms with Crippen LogP contribution in [0, 0.1) is 5.21 Å². The molecule has 0 radical (unpaired) electrons. The zero-order valence-electron chi connectivity index (χ0n) is 10.6. The molecule has 2 aromatic carbocycles. The third-order valence-electron chi connectivity index (χ3n) is 3.34. The molecule has 2 aromatic rings. The average molecular weight is 237 g/mol. The van der Waals surface area contributed by atoms with Gasteiger partial charge in [0, 0.05) is 0 Å². The highest BCUT2D eigenvalue weighted by Crippen LogP contribution is 2.36. The first-order valence-corrected chi connectivity index (χ1v) is 6.22. The summed E-state index contributed by atoms with van der Waals surface area (Å²) in [6.07, 6.45) is 0. The Balaban J connectivity index is 2.38. The second-order valence-electron chi connectivity index (χ2n) is 4.86. The molecule has 0 bridgehead atoms. The molecule has 90 valence electrons. The van der Waals surface area contributed by atoms with Gasteiger partial charge in [0.25, 0.3) is 0 Å². The van der Waals surface area contributed by atoms with Gasteiger partial charge in [0.2, 0.25) is 5.71 Å². The second-order valence-corrected chi connectivity index (χ2v) is 4.86. The molecule has 2 heteroatoms. The number of benzene rings is 2. The van der Waals surface area contributed by atoms with Gasteiger partial charge in [0.15, 0.2) is 6.04 Å². The minimum atomic E-state index is -0.0563. The molecule has 0 spiro atoms. The lowest BCUT2D eigenvalue weighted by Crippen LogP contribution is -2.22. The third-order valence-corrected chi connectivity index (χ3v) is 3.34. The fourth-order valence-electron chi connectivity index (χ4n) is 2.49. The predicted octanol–water partition coefficient (Wildman–Crippen LogP) is 3.42. The van der Waals surface area contributed by atoms with Crippen molar-refractivity contribution in [3.8, 4) is 11.1 Å². The van der Waals surface area contributed by atoms with Gasteiger partial charge in [-0.3, -0.25) is 0 Å². The molecule has 0 amide bonds. The molecule has 0 aliphatic heterocycles. The van der Waals surface area contributed by atoms with E-state index in [-0.39, 0.29) is 6.04 Å². The van der Waals surface area contributed by atoms with Crippen molar-refractivity contribution in [2.45, 2.75) is 19.9 Å². The third kappa shape index (κ3) is 1.46. The van der Waals surface area contributed by atoms with Crippen LogP contribution in [0.15, 0.2) is 48.5 Å². The number of hydroxylamine groups is 1. The van der Waals surface area contributed by atoms with Gasteiger partial charge in [-0.25, -0.2) is 4.74 Å². The Morgan fingerprint density at radius 3 is 1.56 bits per heavy atom. The smallest absolute Gasteiger partial charge is 0.227 e. The molecule has 3 rings (SSSR count). The molecule has 0 fully saturated rings. The van der Waals surface area contributed by atoms with E-state index in [1.807, 2.05) is 50.2 Å². The maximum Gasteiger partial charge on any atom is 0.227 e. The van der Waals surface area contributed by atoms with Crippen molar-refractivity contribution in [3.63, 3.8) is 0 Å². The molecule has 0 aromatic heterocycles. The fourth-order valence-corrected chi connectivity index (χ4v) is 2.49. The predicted molar refractivity (Wildman–Crippen MR) is 73.9 cm³/mol. The largest absolute Gasteiger partial charge is 0.623 e. The lowest BCUT2D eigenvalue weighted by Gasteiger charge is -2.12. The summed E-state index contributed by atoms with van der Waals surface area (Å²) in [5.41, 5.74) is 5.20. The summed E-state index contributed by atoms with van der Waals surface area (Å²) in [5, 5.41) is 12.4. The van der Waals surface area contributed by atoms with Crippen LogP contribution in [0.25, 0.3) is 11.1 Å². The Morgan fingerprint density at radius 1 is 0.778 bits per heavy atom. The topological polar surface area (TPSA) is 26.1 Å².